The molecule has 6 heteroatoms. The van der Waals surface area contributed by atoms with Gasteiger partial charge in [0.2, 0.25) is 0 Å². The fraction of sp³-hybridized carbons (Fsp3) is 0.211. The smallest absolute Gasteiger partial charge is 0.163 e. The molecular weight excluding hydrogens is 334 g/mol. The molecule has 1 aromatic carbocycles. The summed E-state index contributed by atoms with van der Waals surface area (Å²) < 4.78 is 0. The molecule has 1 aliphatic carbocycles. The zero-order valence-corrected chi connectivity index (χ0v) is 14.4. The number of hydrogen-bond acceptors (Lipinski definition) is 5. The van der Waals surface area contributed by atoms with Crippen molar-refractivity contribution in [1.82, 2.24) is 15.0 Å². The van der Waals surface area contributed by atoms with Gasteiger partial charge in [-0.2, -0.15) is 0 Å². The third-order valence-electron chi connectivity index (χ3n) is 4.34. The Balaban J connectivity index is 1.78. The molecule has 3 aromatic rings. The zero-order chi connectivity index (χ0) is 17.2. The third-order valence-corrected chi connectivity index (χ3v) is 4.59. The van der Waals surface area contributed by atoms with Crippen LogP contribution in [0.15, 0.2) is 48.8 Å². The van der Waals surface area contributed by atoms with Crippen LogP contribution in [-0.2, 0) is 12.8 Å². The predicted octanol–water partition coefficient (Wildman–Crippen LogP) is 3.75. The van der Waals surface area contributed by atoms with E-state index in [9.17, 15) is 0 Å². The fourth-order valence-corrected chi connectivity index (χ4v) is 3.16. The quantitative estimate of drug-likeness (QED) is 0.751. The van der Waals surface area contributed by atoms with E-state index in [1.165, 1.54) is 0 Å². The number of nitrogens with one attached hydrogen (secondary N) is 1. The lowest BCUT2D eigenvalue weighted by Gasteiger charge is -2.24. The summed E-state index contributed by atoms with van der Waals surface area (Å²) in [4.78, 5) is 13.7. The lowest BCUT2D eigenvalue weighted by atomic mass is 9.92. The van der Waals surface area contributed by atoms with Crippen molar-refractivity contribution in [1.29, 1.82) is 0 Å². The van der Waals surface area contributed by atoms with E-state index in [-0.39, 0.29) is 6.04 Å². The topological polar surface area (TPSA) is 76.7 Å². The Morgan fingerprint density at radius 2 is 1.96 bits per heavy atom. The van der Waals surface area contributed by atoms with Gasteiger partial charge < -0.3 is 11.1 Å². The molecule has 0 saturated heterocycles. The highest BCUT2D eigenvalue weighted by Gasteiger charge is 2.22. The highest BCUT2D eigenvalue weighted by atomic mass is 35.5. The lowest BCUT2D eigenvalue weighted by Crippen LogP contribution is -2.29. The Morgan fingerprint density at radius 1 is 1.12 bits per heavy atom. The summed E-state index contributed by atoms with van der Waals surface area (Å²) in [6, 6.07) is 11.6. The second kappa shape index (κ2) is 6.78. The normalized spacial score (nSPS) is 16.3. The van der Waals surface area contributed by atoms with Gasteiger partial charge in [-0.25, -0.2) is 9.97 Å². The van der Waals surface area contributed by atoms with Gasteiger partial charge in [0.05, 0.1) is 0 Å². The minimum absolute atomic E-state index is 0.145. The van der Waals surface area contributed by atoms with Crippen LogP contribution in [0.3, 0.4) is 0 Å². The average molecular weight is 352 g/mol. The molecule has 1 aliphatic rings. The van der Waals surface area contributed by atoms with Crippen LogP contribution in [-0.4, -0.2) is 21.0 Å². The highest BCUT2D eigenvalue weighted by molar-refractivity contribution is 6.30. The lowest BCUT2D eigenvalue weighted by molar-refractivity contribution is 0.566. The fourth-order valence-electron chi connectivity index (χ4n) is 3.04. The van der Waals surface area contributed by atoms with Crippen LogP contribution < -0.4 is 11.1 Å². The molecule has 0 spiro atoms. The molecule has 5 nitrogen and oxygen atoms in total. The van der Waals surface area contributed by atoms with E-state index in [1.807, 2.05) is 36.4 Å². The first-order valence-electron chi connectivity index (χ1n) is 8.27. The van der Waals surface area contributed by atoms with Gasteiger partial charge in [-0.1, -0.05) is 11.6 Å². The molecule has 25 heavy (non-hydrogen) atoms. The summed E-state index contributed by atoms with van der Waals surface area (Å²) in [5.74, 6) is 1.49. The number of nitrogens with zero attached hydrogens (tertiary/aromatic N) is 3. The Morgan fingerprint density at radius 3 is 2.72 bits per heavy atom. The van der Waals surface area contributed by atoms with E-state index in [0.717, 1.165) is 47.6 Å². The van der Waals surface area contributed by atoms with Crippen molar-refractivity contribution in [2.45, 2.75) is 25.3 Å². The second-order valence-corrected chi connectivity index (χ2v) is 6.63. The molecule has 0 aliphatic heterocycles. The molecule has 0 fully saturated rings. The van der Waals surface area contributed by atoms with E-state index in [4.69, 9.17) is 27.3 Å². The Hall–Kier alpha value is -2.50. The SMILES string of the molecule is NC1CCc2nc(-c3cccnc3)nc(Nc3ccc(Cl)cc3)c2C1. The first-order valence-corrected chi connectivity index (χ1v) is 8.65. The van der Waals surface area contributed by atoms with E-state index in [1.54, 1.807) is 12.4 Å². The largest absolute Gasteiger partial charge is 0.340 e. The Labute approximate surface area is 151 Å². The summed E-state index contributed by atoms with van der Waals surface area (Å²) in [6.45, 7) is 0. The van der Waals surface area contributed by atoms with Crippen LogP contribution in [0.4, 0.5) is 11.5 Å². The maximum absolute atomic E-state index is 6.17. The molecule has 4 rings (SSSR count). The van der Waals surface area contributed by atoms with Crippen molar-refractivity contribution < 1.29 is 0 Å². The van der Waals surface area contributed by atoms with E-state index >= 15 is 0 Å². The summed E-state index contributed by atoms with van der Waals surface area (Å²) in [6.07, 6.45) is 6.10. The summed E-state index contributed by atoms with van der Waals surface area (Å²) in [5.41, 5.74) is 10.2. The molecule has 0 saturated carbocycles. The van der Waals surface area contributed by atoms with Crippen molar-refractivity contribution in [2.24, 2.45) is 5.73 Å². The predicted molar refractivity (Wildman–Crippen MR) is 100.0 cm³/mol. The van der Waals surface area contributed by atoms with E-state index in [2.05, 4.69) is 10.3 Å². The number of hydrogen-bond donors (Lipinski definition) is 2. The van der Waals surface area contributed by atoms with Crippen molar-refractivity contribution in [3.8, 4) is 11.4 Å². The average Bonchev–Trinajstić information content (AvgIpc) is 2.64. The van der Waals surface area contributed by atoms with Gasteiger partial charge in [0.25, 0.3) is 0 Å². The number of pyridine rings is 1. The number of fused-ring (bicyclic) bond motifs is 1. The van der Waals surface area contributed by atoms with E-state index in [0.29, 0.717) is 10.8 Å². The number of nitrogens with two attached hydrogens (primary N) is 1. The minimum atomic E-state index is 0.145. The molecule has 2 heterocycles. The van der Waals surface area contributed by atoms with Crippen LogP contribution >= 0.6 is 11.6 Å². The molecular formula is C19H18ClN5. The maximum Gasteiger partial charge on any atom is 0.163 e. The van der Waals surface area contributed by atoms with Gasteiger partial charge in [0.1, 0.15) is 5.82 Å². The van der Waals surface area contributed by atoms with Gasteiger partial charge in [-0.15, -0.1) is 0 Å². The number of benzene rings is 1. The van der Waals surface area contributed by atoms with Crippen molar-refractivity contribution in [3.63, 3.8) is 0 Å². The van der Waals surface area contributed by atoms with Crippen molar-refractivity contribution in [2.75, 3.05) is 5.32 Å². The molecule has 3 N–H and O–H groups in total. The van der Waals surface area contributed by atoms with Crippen LogP contribution in [0.25, 0.3) is 11.4 Å². The van der Waals surface area contributed by atoms with E-state index < -0.39 is 0 Å². The molecule has 126 valence electrons. The van der Waals surface area contributed by atoms with Gasteiger partial charge in [0, 0.05) is 46.0 Å². The van der Waals surface area contributed by atoms with Gasteiger partial charge >= 0.3 is 0 Å². The first kappa shape index (κ1) is 16.0. The van der Waals surface area contributed by atoms with Crippen LogP contribution in [0.2, 0.25) is 5.02 Å². The maximum atomic E-state index is 6.17. The first-order chi connectivity index (χ1) is 12.2. The Bertz CT molecular complexity index is 880. The number of aryl methyl sites for hydroxylation is 1. The third kappa shape index (κ3) is 3.48. The minimum Gasteiger partial charge on any atom is -0.340 e. The van der Waals surface area contributed by atoms with Crippen LogP contribution in [0.1, 0.15) is 17.7 Å². The monoisotopic (exact) mass is 351 g/mol. The standard InChI is InChI=1S/C19H18ClN5/c20-13-3-6-15(7-4-13)23-19-16-10-14(21)5-8-17(16)24-18(25-19)12-2-1-9-22-11-12/h1-4,6-7,9,11,14H,5,8,10,21H2,(H,23,24,25). The summed E-state index contributed by atoms with van der Waals surface area (Å²) in [5, 5.41) is 4.11. The number of anilines is 2. The molecule has 1 unspecified atom stereocenters. The number of aromatic nitrogens is 3. The molecule has 2 aromatic heterocycles. The van der Waals surface area contributed by atoms with Crippen LogP contribution in [0, 0.1) is 0 Å². The summed E-state index contributed by atoms with van der Waals surface area (Å²) >= 11 is 5.98. The van der Waals surface area contributed by atoms with Crippen LogP contribution in [0.5, 0.6) is 0 Å². The Kier molecular flexibility index (Phi) is 4.34. The number of halogens is 1. The molecule has 1 atom stereocenters. The zero-order valence-electron chi connectivity index (χ0n) is 13.6. The van der Waals surface area contributed by atoms with Gasteiger partial charge in [-0.3, -0.25) is 4.98 Å². The molecule has 0 amide bonds. The highest BCUT2D eigenvalue weighted by Crippen LogP contribution is 2.30. The second-order valence-electron chi connectivity index (χ2n) is 6.20. The number of rotatable bonds is 3. The van der Waals surface area contributed by atoms with Crippen molar-refractivity contribution >= 4 is 23.1 Å². The molecule has 0 radical (unpaired) electrons. The van der Waals surface area contributed by atoms with Gasteiger partial charge in [0.15, 0.2) is 5.82 Å². The molecule has 0 bridgehead atoms. The van der Waals surface area contributed by atoms with Crippen molar-refractivity contribution in [3.05, 3.63) is 65.1 Å². The van der Waals surface area contributed by atoms with Gasteiger partial charge in [-0.05, 0) is 55.7 Å². The summed E-state index contributed by atoms with van der Waals surface area (Å²) in [7, 11) is 0.